The van der Waals surface area contributed by atoms with Crippen LogP contribution in [0.5, 0.6) is 11.5 Å². The largest absolute Gasteiger partial charge is 0.454 e. The first-order chi connectivity index (χ1) is 18.1. The number of nitrogens with one attached hydrogen (secondary N) is 1. The molecule has 188 valence electrons. The van der Waals surface area contributed by atoms with Crippen LogP contribution >= 0.6 is 15.9 Å². The lowest BCUT2D eigenvalue weighted by atomic mass is 9.93. The number of ether oxygens (including phenoxy) is 2. The lowest BCUT2D eigenvalue weighted by molar-refractivity contribution is 0.0918. The molecular formula is C30H27BrN2O4. The van der Waals surface area contributed by atoms with Crippen LogP contribution in [0.25, 0.3) is 21.9 Å². The fraction of sp³-hybridized carbons (Fsp3) is 0.267. The number of pyridine rings is 1. The van der Waals surface area contributed by atoms with Gasteiger partial charge in [0.1, 0.15) is 5.69 Å². The Morgan fingerprint density at radius 1 is 0.919 bits per heavy atom. The molecule has 6 rings (SSSR count). The monoisotopic (exact) mass is 558 g/mol. The van der Waals surface area contributed by atoms with E-state index in [9.17, 15) is 9.59 Å². The molecule has 0 bridgehead atoms. The number of benzene rings is 3. The van der Waals surface area contributed by atoms with Gasteiger partial charge in [-0.15, -0.1) is 0 Å². The molecule has 1 amide bonds. The van der Waals surface area contributed by atoms with Crippen molar-refractivity contribution in [2.45, 2.75) is 44.7 Å². The Morgan fingerprint density at radius 3 is 2.51 bits per heavy atom. The minimum absolute atomic E-state index is 0.108. The molecule has 0 saturated heterocycles. The van der Waals surface area contributed by atoms with E-state index in [4.69, 9.17) is 9.47 Å². The fourth-order valence-corrected chi connectivity index (χ4v) is 5.79. The van der Waals surface area contributed by atoms with Crippen molar-refractivity contribution in [2.24, 2.45) is 0 Å². The highest BCUT2D eigenvalue weighted by Gasteiger charge is 2.26. The highest BCUT2D eigenvalue weighted by atomic mass is 79.9. The first-order valence-electron chi connectivity index (χ1n) is 12.7. The predicted molar refractivity (Wildman–Crippen MR) is 147 cm³/mol. The van der Waals surface area contributed by atoms with Gasteiger partial charge in [-0.1, -0.05) is 71.6 Å². The number of hydrogen-bond acceptors (Lipinski definition) is 4. The third-order valence-corrected chi connectivity index (χ3v) is 7.72. The molecule has 1 aliphatic heterocycles. The molecule has 1 N–H and O–H groups in total. The number of rotatable bonds is 5. The van der Waals surface area contributed by atoms with Crippen LogP contribution in [0.4, 0.5) is 0 Å². The van der Waals surface area contributed by atoms with E-state index in [1.54, 1.807) is 4.57 Å². The zero-order valence-electron chi connectivity index (χ0n) is 20.3. The van der Waals surface area contributed by atoms with Crippen LogP contribution in [0, 0.1) is 0 Å². The molecule has 0 radical (unpaired) electrons. The highest BCUT2D eigenvalue weighted by Crippen LogP contribution is 2.35. The Hall–Kier alpha value is -3.58. The summed E-state index contributed by atoms with van der Waals surface area (Å²) in [6.07, 6.45) is 5.31. The van der Waals surface area contributed by atoms with Crippen molar-refractivity contribution in [1.82, 2.24) is 9.88 Å². The average Bonchev–Trinajstić information content (AvgIpc) is 3.39. The number of nitrogens with zero attached hydrogens (tertiary/aromatic N) is 1. The molecule has 6 nitrogen and oxygen atoms in total. The second-order valence-corrected chi connectivity index (χ2v) is 10.6. The van der Waals surface area contributed by atoms with E-state index in [-0.39, 0.29) is 30.8 Å². The standard InChI is InChI=1S/C30H27BrN2O4/c31-21-12-13-23-24(16-21)27(20-7-3-1-4-8-20)28(29(34)32-22-9-5-2-6-10-22)33(30(23)35)17-19-11-14-25-26(15-19)37-18-36-25/h1,3-4,7-8,11-16,22H,2,5-6,9-10,17-18H2,(H,32,34). The zero-order valence-corrected chi connectivity index (χ0v) is 21.9. The van der Waals surface area contributed by atoms with Crippen molar-refractivity contribution in [2.75, 3.05) is 6.79 Å². The van der Waals surface area contributed by atoms with Crippen LogP contribution in [0.3, 0.4) is 0 Å². The van der Waals surface area contributed by atoms with Crippen LogP contribution in [0.2, 0.25) is 0 Å². The first-order valence-corrected chi connectivity index (χ1v) is 13.5. The molecule has 1 aliphatic carbocycles. The Morgan fingerprint density at radius 2 is 1.70 bits per heavy atom. The fourth-order valence-electron chi connectivity index (χ4n) is 5.43. The van der Waals surface area contributed by atoms with Crippen LogP contribution < -0.4 is 20.3 Å². The van der Waals surface area contributed by atoms with Gasteiger partial charge >= 0.3 is 0 Å². The SMILES string of the molecule is O=C(NC1CCCCC1)c1c(-c2ccccc2)c2cc(Br)ccc2c(=O)n1Cc1ccc2c(c1)OCO2. The van der Waals surface area contributed by atoms with Gasteiger partial charge in [-0.05, 0) is 59.7 Å². The lowest BCUT2D eigenvalue weighted by Crippen LogP contribution is -2.40. The topological polar surface area (TPSA) is 69.6 Å². The molecule has 1 saturated carbocycles. The van der Waals surface area contributed by atoms with E-state index in [1.807, 2.05) is 66.7 Å². The van der Waals surface area contributed by atoms with Crippen LogP contribution in [-0.4, -0.2) is 23.3 Å². The molecular weight excluding hydrogens is 532 g/mol. The summed E-state index contributed by atoms with van der Waals surface area (Å²) >= 11 is 3.57. The van der Waals surface area contributed by atoms with Gasteiger partial charge in [0.25, 0.3) is 11.5 Å². The maximum Gasteiger partial charge on any atom is 0.268 e. The smallest absolute Gasteiger partial charge is 0.268 e. The van der Waals surface area contributed by atoms with E-state index < -0.39 is 0 Å². The summed E-state index contributed by atoms with van der Waals surface area (Å²) < 4.78 is 13.5. The van der Waals surface area contributed by atoms with Gasteiger partial charge in [0.05, 0.1) is 6.54 Å². The summed E-state index contributed by atoms with van der Waals surface area (Å²) in [5.41, 5.74) is 2.68. The van der Waals surface area contributed by atoms with Crippen molar-refractivity contribution in [3.05, 3.63) is 92.8 Å². The van der Waals surface area contributed by atoms with Gasteiger partial charge in [-0.2, -0.15) is 0 Å². The van der Waals surface area contributed by atoms with Gasteiger partial charge < -0.3 is 14.8 Å². The molecule has 37 heavy (non-hydrogen) atoms. The summed E-state index contributed by atoms with van der Waals surface area (Å²) in [6, 6.07) is 21.2. The van der Waals surface area contributed by atoms with Gasteiger partial charge in [0.2, 0.25) is 6.79 Å². The maximum atomic E-state index is 14.1. The van der Waals surface area contributed by atoms with E-state index in [2.05, 4.69) is 21.2 Å². The number of amides is 1. The average molecular weight is 559 g/mol. The van der Waals surface area contributed by atoms with Crippen molar-refractivity contribution in [3.8, 4) is 22.6 Å². The third-order valence-electron chi connectivity index (χ3n) is 7.23. The zero-order chi connectivity index (χ0) is 25.4. The highest BCUT2D eigenvalue weighted by molar-refractivity contribution is 9.10. The Bertz CT molecular complexity index is 1540. The predicted octanol–water partition coefficient (Wildman–Crippen LogP) is 6.27. The minimum atomic E-state index is -0.217. The van der Waals surface area contributed by atoms with E-state index in [0.29, 0.717) is 22.6 Å². The molecule has 0 spiro atoms. The summed E-state index contributed by atoms with van der Waals surface area (Å²) in [4.78, 5) is 28.0. The molecule has 0 atom stereocenters. The number of halogens is 1. The van der Waals surface area contributed by atoms with E-state index in [0.717, 1.165) is 52.2 Å². The first kappa shape index (κ1) is 23.8. The molecule has 3 aromatic carbocycles. The Kier molecular flexibility index (Phi) is 6.47. The summed E-state index contributed by atoms with van der Waals surface area (Å²) in [5.74, 6) is 1.11. The third kappa shape index (κ3) is 4.64. The summed E-state index contributed by atoms with van der Waals surface area (Å²) in [5, 5.41) is 4.58. The van der Waals surface area contributed by atoms with Crippen molar-refractivity contribution in [3.63, 3.8) is 0 Å². The van der Waals surface area contributed by atoms with Crippen molar-refractivity contribution < 1.29 is 14.3 Å². The molecule has 1 fully saturated rings. The molecule has 2 aliphatic rings. The molecule has 7 heteroatoms. The number of carbonyl (C=O) groups is 1. The van der Waals surface area contributed by atoms with E-state index in [1.165, 1.54) is 6.42 Å². The van der Waals surface area contributed by atoms with Gasteiger partial charge in [0.15, 0.2) is 11.5 Å². The van der Waals surface area contributed by atoms with Crippen molar-refractivity contribution in [1.29, 1.82) is 0 Å². The molecule has 0 unspecified atom stereocenters. The van der Waals surface area contributed by atoms with Crippen LogP contribution in [0.15, 0.2) is 76.0 Å². The number of carbonyl (C=O) groups excluding carboxylic acids is 1. The second kappa shape index (κ2) is 10.1. The number of hydrogen-bond donors (Lipinski definition) is 1. The van der Waals surface area contributed by atoms with Crippen LogP contribution in [0.1, 0.15) is 48.2 Å². The second-order valence-electron chi connectivity index (χ2n) is 9.67. The Labute approximate surface area is 223 Å². The molecule has 4 aromatic rings. The van der Waals surface area contributed by atoms with Crippen molar-refractivity contribution >= 4 is 32.6 Å². The van der Waals surface area contributed by atoms with Gasteiger partial charge in [-0.3, -0.25) is 14.2 Å². The van der Waals surface area contributed by atoms with Gasteiger partial charge in [-0.25, -0.2) is 0 Å². The van der Waals surface area contributed by atoms with Gasteiger partial charge in [0, 0.05) is 21.5 Å². The molecule has 1 aromatic heterocycles. The number of fused-ring (bicyclic) bond motifs is 2. The lowest BCUT2D eigenvalue weighted by Gasteiger charge is -2.25. The van der Waals surface area contributed by atoms with Crippen LogP contribution in [-0.2, 0) is 6.54 Å². The molecule has 2 heterocycles. The van der Waals surface area contributed by atoms with E-state index >= 15 is 0 Å². The quantitative estimate of drug-likeness (QED) is 0.313. The maximum absolute atomic E-state index is 14.1. The summed E-state index contributed by atoms with van der Waals surface area (Å²) in [7, 11) is 0. The number of aromatic nitrogens is 1. The minimum Gasteiger partial charge on any atom is -0.454 e. The Balaban J connectivity index is 1.58. The summed E-state index contributed by atoms with van der Waals surface area (Å²) in [6.45, 7) is 0.408. The normalized spacial score (nSPS) is 15.2.